The molecule has 4 N–H and O–H groups in total. The van der Waals surface area contributed by atoms with E-state index in [1.165, 1.54) is 25.5 Å². The van der Waals surface area contributed by atoms with Crippen molar-refractivity contribution in [2.45, 2.75) is 57.0 Å². The molecular formula is C12H24N4O2S. The van der Waals surface area contributed by atoms with Crippen LogP contribution in [0.4, 0.5) is 0 Å². The van der Waals surface area contributed by atoms with Gasteiger partial charge in [0.05, 0.1) is 6.20 Å². The Morgan fingerprint density at radius 2 is 1.95 bits per heavy atom. The molecule has 0 fully saturated rings. The topological polar surface area (TPSA) is 101 Å². The number of unbranched alkanes of at least 4 members (excludes halogenated alkanes) is 5. The first-order valence-corrected chi connectivity index (χ1v) is 8.32. The van der Waals surface area contributed by atoms with Gasteiger partial charge in [-0.3, -0.25) is 5.10 Å². The first-order valence-electron chi connectivity index (χ1n) is 6.83. The minimum Gasteiger partial charge on any atom is -0.326 e. The van der Waals surface area contributed by atoms with Gasteiger partial charge in [0.2, 0.25) is 0 Å². The van der Waals surface area contributed by atoms with Crippen LogP contribution in [0, 0.1) is 0 Å². The van der Waals surface area contributed by atoms with Crippen molar-refractivity contribution >= 4 is 10.0 Å². The molecule has 1 heterocycles. The molecule has 1 rings (SSSR count). The van der Waals surface area contributed by atoms with Crippen molar-refractivity contribution in [1.29, 1.82) is 0 Å². The van der Waals surface area contributed by atoms with Crippen molar-refractivity contribution in [3.8, 4) is 0 Å². The molecule has 0 saturated heterocycles. The van der Waals surface area contributed by atoms with E-state index >= 15 is 0 Å². The van der Waals surface area contributed by atoms with E-state index in [0.29, 0.717) is 12.1 Å². The highest BCUT2D eigenvalue weighted by atomic mass is 32.2. The third-order valence-corrected chi connectivity index (χ3v) is 4.46. The van der Waals surface area contributed by atoms with Crippen LogP contribution in [0.1, 0.15) is 51.0 Å². The summed E-state index contributed by atoms with van der Waals surface area (Å²) in [5.41, 5.74) is 5.97. The number of nitrogens with two attached hydrogens (primary N) is 1. The molecule has 0 saturated carbocycles. The summed E-state index contributed by atoms with van der Waals surface area (Å²) in [6, 6.07) is 0. The van der Waals surface area contributed by atoms with Crippen LogP contribution in [0.25, 0.3) is 0 Å². The Balaban J connectivity index is 2.32. The van der Waals surface area contributed by atoms with Crippen LogP contribution in [-0.2, 0) is 16.6 Å². The second kappa shape index (κ2) is 8.29. The summed E-state index contributed by atoms with van der Waals surface area (Å²) in [7, 11) is -3.51. The number of H-pyrrole nitrogens is 1. The minimum atomic E-state index is -3.51. The van der Waals surface area contributed by atoms with Crippen molar-refractivity contribution in [1.82, 2.24) is 14.9 Å². The molecule has 19 heavy (non-hydrogen) atoms. The van der Waals surface area contributed by atoms with Crippen molar-refractivity contribution < 1.29 is 8.42 Å². The van der Waals surface area contributed by atoms with E-state index in [9.17, 15) is 8.42 Å². The lowest BCUT2D eigenvalue weighted by Crippen LogP contribution is -2.26. The molecule has 0 spiro atoms. The molecule has 0 aliphatic carbocycles. The van der Waals surface area contributed by atoms with Gasteiger partial charge in [0, 0.05) is 18.7 Å². The van der Waals surface area contributed by atoms with E-state index in [-0.39, 0.29) is 11.6 Å². The molecule has 0 unspecified atom stereocenters. The van der Waals surface area contributed by atoms with Gasteiger partial charge < -0.3 is 5.73 Å². The van der Waals surface area contributed by atoms with Crippen LogP contribution >= 0.6 is 0 Å². The van der Waals surface area contributed by atoms with E-state index in [0.717, 1.165) is 19.3 Å². The molecular weight excluding hydrogens is 264 g/mol. The molecule has 0 aliphatic rings. The third-order valence-electron chi connectivity index (χ3n) is 2.99. The molecule has 0 bridgehead atoms. The minimum absolute atomic E-state index is 0.0842. The number of nitrogens with one attached hydrogen (secondary N) is 2. The van der Waals surface area contributed by atoms with Crippen molar-refractivity contribution in [2.75, 3.05) is 6.54 Å². The Morgan fingerprint density at radius 3 is 2.63 bits per heavy atom. The predicted molar refractivity (Wildman–Crippen MR) is 75.0 cm³/mol. The van der Waals surface area contributed by atoms with Gasteiger partial charge in [0.1, 0.15) is 0 Å². The molecule has 110 valence electrons. The van der Waals surface area contributed by atoms with Crippen molar-refractivity contribution in [3.05, 3.63) is 11.8 Å². The van der Waals surface area contributed by atoms with Gasteiger partial charge in [0.25, 0.3) is 10.0 Å². The number of hydrogen-bond donors (Lipinski definition) is 3. The fourth-order valence-electron chi connectivity index (χ4n) is 1.86. The Kier molecular flexibility index (Phi) is 7.04. The van der Waals surface area contributed by atoms with Gasteiger partial charge in [-0.2, -0.15) is 5.10 Å². The quantitative estimate of drug-likeness (QED) is 0.568. The first-order chi connectivity index (χ1) is 9.11. The van der Waals surface area contributed by atoms with Crippen LogP contribution < -0.4 is 10.5 Å². The highest BCUT2D eigenvalue weighted by Gasteiger charge is 2.19. The van der Waals surface area contributed by atoms with Crippen LogP contribution in [0.15, 0.2) is 11.2 Å². The summed E-state index contributed by atoms with van der Waals surface area (Å²) in [5, 5.41) is 6.28. The number of nitrogens with zero attached hydrogens (tertiary/aromatic N) is 1. The normalized spacial score (nSPS) is 11.9. The van der Waals surface area contributed by atoms with E-state index in [1.807, 2.05) is 0 Å². The van der Waals surface area contributed by atoms with Crippen LogP contribution in [0.3, 0.4) is 0 Å². The lowest BCUT2D eigenvalue weighted by atomic mass is 10.1. The Labute approximate surface area is 115 Å². The van der Waals surface area contributed by atoms with Gasteiger partial charge in [-0.15, -0.1) is 0 Å². The Morgan fingerprint density at radius 1 is 1.26 bits per heavy atom. The van der Waals surface area contributed by atoms with E-state index in [2.05, 4.69) is 21.8 Å². The molecule has 1 aromatic rings. The Bertz CT molecular complexity index is 456. The van der Waals surface area contributed by atoms with E-state index in [1.54, 1.807) is 0 Å². The standard InChI is InChI=1S/C12H24N4O2S/c1-2-3-4-5-6-7-8-15-19(17,18)12-11(9-13)10-14-16-12/h10,15H,2-9,13H2,1H3,(H,14,16). The zero-order valence-corrected chi connectivity index (χ0v) is 12.3. The molecule has 0 aromatic carbocycles. The molecule has 7 heteroatoms. The number of hydrogen-bond acceptors (Lipinski definition) is 4. The zero-order valence-electron chi connectivity index (χ0n) is 11.5. The van der Waals surface area contributed by atoms with Crippen molar-refractivity contribution in [3.63, 3.8) is 0 Å². The summed E-state index contributed by atoms with van der Waals surface area (Å²) < 4.78 is 26.5. The number of sulfonamides is 1. The molecule has 0 radical (unpaired) electrons. The summed E-state index contributed by atoms with van der Waals surface area (Å²) >= 11 is 0. The number of rotatable bonds is 10. The van der Waals surface area contributed by atoms with Crippen molar-refractivity contribution in [2.24, 2.45) is 5.73 Å². The Hall–Kier alpha value is -0.920. The first kappa shape index (κ1) is 16.1. The molecule has 6 nitrogen and oxygen atoms in total. The van der Waals surface area contributed by atoms with Gasteiger partial charge in [0.15, 0.2) is 5.03 Å². The highest BCUT2D eigenvalue weighted by molar-refractivity contribution is 7.89. The van der Waals surface area contributed by atoms with Gasteiger partial charge in [-0.1, -0.05) is 39.0 Å². The molecule has 0 atom stereocenters. The summed E-state index contributed by atoms with van der Waals surface area (Å²) in [5.74, 6) is 0. The average molecular weight is 288 g/mol. The lowest BCUT2D eigenvalue weighted by molar-refractivity contribution is 0.563. The summed E-state index contributed by atoms with van der Waals surface area (Å²) in [6.07, 6.45) is 8.20. The van der Waals surface area contributed by atoms with Crippen LogP contribution in [0.2, 0.25) is 0 Å². The van der Waals surface area contributed by atoms with Crippen LogP contribution in [-0.4, -0.2) is 25.2 Å². The smallest absolute Gasteiger partial charge is 0.257 e. The largest absolute Gasteiger partial charge is 0.326 e. The maximum atomic E-state index is 12.0. The second-order valence-corrected chi connectivity index (χ2v) is 6.30. The maximum absolute atomic E-state index is 12.0. The summed E-state index contributed by atoms with van der Waals surface area (Å²) in [6.45, 7) is 2.79. The molecule has 0 aliphatic heterocycles. The molecule has 0 amide bonds. The number of aromatic nitrogens is 2. The fraction of sp³-hybridized carbons (Fsp3) is 0.750. The van der Waals surface area contributed by atoms with Crippen LogP contribution in [0.5, 0.6) is 0 Å². The third kappa shape index (κ3) is 5.30. The predicted octanol–water partition coefficient (Wildman–Crippen LogP) is 1.51. The SMILES string of the molecule is CCCCCCCCNS(=O)(=O)c1[nH]ncc1CN. The zero-order chi connectivity index (χ0) is 14.1. The number of aromatic amines is 1. The lowest BCUT2D eigenvalue weighted by Gasteiger charge is -2.06. The molecule has 1 aromatic heterocycles. The monoisotopic (exact) mass is 288 g/mol. The van der Waals surface area contributed by atoms with E-state index in [4.69, 9.17) is 5.73 Å². The van der Waals surface area contributed by atoms with Gasteiger partial charge in [-0.05, 0) is 6.42 Å². The highest BCUT2D eigenvalue weighted by Crippen LogP contribution is 2.11. The van der Waals surface area contributed by atoms with Gasteiger partial charge in [-0.25, -0.2) is 13.1 Å². The van der Waals surface area contributed by atoms with E-state index < -0.39 is 10.0 Å². The second-order valence-electron chi connectivity index (χ2n) is 4.59. The fourth-order valence-corrected chi connectivity index (χ4v) is 3.07. The summed E-state index contributed by atoms with van der Waals surface area (Å²) in [4.78, 5) is 0. The van der Waals surface area contributed by atoms with Gasteiger partial charge >= 0.3 is 0 Å². The average Bonchev–Trinajstić information content (AvgIpc) is 2.87. The maximum Gasteiger partial charge on any atom is 0.257 e.